The first-order valence-electron chi connectivity index (χ1n) is 12.0. The fourth-order valence-electron chi connectivity index (χ4n) is 5.43. The number of hydrogen-bond acceptors (Lipinski definition) is 2. The topological polar surface area (TPSA) is 29.9 Å². The van der Waals surface area contributed by atoms with Crippen molar-refractivity contribution in [1.82, 2.24) is 4.98 Å². The van der Waals surface area contributed by atoms with E-state index in [1.54, 1.807) is 0 Å². The van der Waals surface area contributed by atoms with Crippen LogP contribution in [0.3, 0.4) is 0 Å². The van der Waals surface area contributed by atoms with Crippen molar-refractivity contribution in [1.29, 1.82) is 0 Å². The molecule has 5 aromatic rings. The Morgan fingerprint density at radius 3 is 2.39 bits per heavy atom. The van der Waals surface area contributed by atoms with Gasteiger partial charge in [-0.15, -0.1) is 0 Å². The average molecular weight is 434 g/mol. The van der Waals surface area contributed by atoms with Crippen LogP contribution in [0.2, 0.25) is 0 Å². The zero-order valence-corrected chi connectivity index (χ0v) is 19.6. The second-order valence-corrected chi connectivity index (χ2v) is 9.56. The van der Waals surface area contributed by atoms with Crippen molar-refractivity contribution >= 4 is 22.1 Å². The van der Waals surface area contributed by atoms with Gasteiger partial charge < -0.3 is 4.42 Å². The first kappa shape index (κ1) is 20.2. The van der Waals surface area contributed by atoms with Crippen molar-refractivity contribution in [3.05, 3.63) is 83.7 Å². The summed E-state index contributed by atoms with van der Waals surface area (Å²) < 4.78 is 8.53. The predicted molar refractivity (Wildman–Crippen MR) is 134 cm³/mol. The van der Waals surface area contributed by atoms with E-state index in [-0.39, 0.29) is 0 Å². The fourth-order valence-corrected chi connectivity index (χ4v) is 5.43. The van der Waals surface area contributed by atoms with Gasteiger partial charge in [-0.3, -0.25) is 0 Å². The molecule has 0 aliphatic heterocycles. The first-order chi connectivity index (χ1) is 16.1. The normalized spacial score (nSPS) is 14.5. The summed E-state index contributed by atoms with van der Waals surface area (Å²) in [6, 6.07) is 22.2. The van der Waals surface area contributed by atoms with E-state index < -0.39 is 0 Å². The third-order valence-corrected chi connectivity index (χ3v) is 7.33. The molecule has 3 heteroatoms. The van der Waals surface area contributed by atoms with Crippen LogP contribution in [-0.2, 0) is 7.05 Å². The highest BCUT2D eigenvalue weighted by Gasteiger charge is 2.22. The fraction of sp³-hybridized carbons (Fsp3) is 0.267. The summed E-state index contributed by atoms with van der Waals surface area (Å²) >= 11 is 0. The molecule has 0 bridgehead atoms. The summed E-state index contributed by atoms with van der Waals surface area (Å²) in [5.41, 5.74) is 10.0. The van der Waals surface area contributed by atoms with Crippen molar-refractivity contribution in [2.45, 2.75) is 45.4 Å². The minimum atomic E-state index is 0.707. The molecule has 6 rings (SSSR count). The molecule has 1 aliphatic rings. The van der Waals surface area contributed by atoms with Crippen LogP contribution in [0.15, 0.2) is 71.3 Å². The van der Waals surface area contributed by atoms with Crippen molar-refractivity contribution < 1.29 is 8.98 Å². The minimum absolute atomic E-state index is 0.707. The maximum Gasteiger partial charge on any atom is 0.227 e. The summed E-state index contributed by atoms with van der Waals surface area (Å²) in [5.74, 6) is 0.744. The van der Waals surface area contributed by atoms with Crippen LogP contribution in [0.25, 0.3) is 44.5 Å². The highest BCUT2D eigenvalue weighted by atomic mass is 16.3. The van der Waals surface area contributed by atoms with Crippen LogP contribution in [0.4, 0.5) is 0 Å². The van der Waals surface area contributed by atoms with Crippen LogP contribution in [0, 0.1) is 13.8 Å². The van der Waals surface area contributed by atoms with E-state index in [0.717, 1.165) is 39.2 Å². The van der Waals surface area contributed by atoms with Gasteiger partial charge >= 0.3 is 0 Å². The Morgan fingerprint density at radius 2 is 1.61 bits per heavy atom. The van der Waals surface area contributed by atoms with Crippen molar-refractivity contribution in [2.75, 3.05) is 0 Å². The lowest BCUT2D eigenvalue weighted by Gasteiger charge is -2.11. The Hall–Kier alpha value is -3.46. The zero-order valence-electron chi connectivity index (χ0n) is 19.6. The Labute approximate surface area is 194 Å². The first-order valence-corrected chi connectivity index (χ1v) is 12.0. The van der Waals surface area contributed by atoms with Gasteiger partial charge in [0.05, 0.1) is 5.56 Å². The number of pyridine rings is 2. The van der Waals surface area contributed by atoms with Crippen LogP contribution in [0.5, 0.6) is 0 Å². The summed E-state index contributed by atoms with van der Waals surface area (Å²) in [6.45, 7) is 4.16. The molecular formula is C30H29N2O+. The molecule has 0 spiro atoms. The van der Waals surface area contributed by atoms with Crippen LogP contribution >= 0.6 is 0 Å². The van der Waals surface area contributed by atoms with E-state index in [1.165, 1.54) is 47.9 Å². The number of furan rings is 1. The Morgan fingerprint density at radius 1 is 0.848 bits per heavy atom. The minimum Gasteiger partial charge on any atom is -0.437 e. The van der Waals surface area contributed by atoms with Gasteiger partial charge in [0.1, 0.15) is 7.05 Å². The van der Waals surface area contributed by atoms with E-state index >= 15 is 0 Å². The average Bonchev–Trinajstić information content (AvgIpc) is 3.48. The molecule has 3 nitrogen and oxygen atoms in total. The SMILES string of the molecule is Cc1ccc2c(n1)oc1c(-c3cc(-c4ccc(C5CCCC5)cc4)cc[n+]3C)c(C)ccc12. The maximum atomic E-state index is 6.35. The van der Waals surface area contributed by atoms with Gasteiger partial charge in [0, 0.05) is 28.6 Å². The monoisotopic (exact) mass is 433 g/mol. The van der Waals surface area contributed by atoms with Crippen LogP contribution in [-0.4, -0.2) is 4.98 Å². The molecular weight excluding hydrogens is 404 g/mol. The lowest BCUT2D eigenvalue weighted by Crippen LogP contribution is -2.30. The standard InChI is InChI=1S/C30H29N2O/c1-19-8-14-25-26-15-9-20(2)31-30(26)33-29(25)28(19)27-18-24(16-17-32(27)3)23-12-10-22(11-13-23)21-6-4-5-7-21/h8-18,21H,4-7H2,1-3H3/q+1. The maximum absolute atomic E-state index is 6.35. The van der Waals surface area contributed by atoms with Gasteiger partial charge in [-0.2, -0.15) is 0 Å². The lowest BCUT2D eigenvalue weighted by atomic mass is 9.94. The molecule has 1 aliphatic carbocycles. The van der Waals surface area contributed by atoms with Gasteiger partial charge in [0.15, 0.2) is 11.8 Å². The number of aryl methyl sites for hydroxylation is 3. The summed E-state index contributed by atoms with van der Waals surface area (Å²) in [6.07, 6.45) is 7.55. The molecule has 0 unspecified atom stereocenters. The van der Waals surface area contributed by atoms with Gasteiger partial charge in [0.2, 0.25) is 11.4 Å². The second kappa shape index (κ2) is 7.84. The lowest BCUT2D eigenvalue weighted by molar-refractivity contribution is -0.660. The summed E-state index contributed by atoms with van der Waals surface area (Å²) in [5, 5.41) is 2.18. The van der Waals surface area contributed by atoms with E-state index in [2.05, 4.69) is 84.3 Å². The summed E-state index contributed by atoms with van der Waals surface area (Å²) in [4.78, 5) is 4.63. The molecule has 2 aromatic carbocycles. The molecule has 164 valence electrons. The largest absolute Gasteiger partial charge is 0.437 e. The van der Waals surface area contributed by atoms with Crippen LogP contribution < -0.4 is 4.57 Å². The van der Waals surface area contributed by atoms with Crippen molar-refractivity contribution in [3.63, 3.8) is 0 Å². The number of nitrogens with zero attached hydrogens (tertiary/aromatic N) is 2. The molecule has 3 heterocycles. The number of fused-ring (bicyclic) bond motifs is 3. The van der Waals surface area contributed by atoms with E-state index in [0.29, 0.717) is 5.71 Å². The smallest absolute Gasteiger partial charge is 0.227 e. The van der Waals surface area contributed by atoms with E-state index in [1.807, 2.05) is 13.0 Å². The molecule has 33 heavy (non-hydrogen) atoms. The third-order valence-electron chi connectivity index (χ3n) is 7.33. The molecule has 0 atom stereocenters. The number of benzene rings is 2. The Kier molecular flexibility index (Phi) is 4.79. The van der Waals surface area contributed by atoms with E-state index in [9.17, 15) is 0 Å². The number of aromatic nitrogens is 2. The van der Waals surface area contributed by atoms with E-state index in [4.69, 9.17) is 4.42 Å². The molecule has 0 N–H and O–H groups in total. The zero-order chi connectivity index (χ0) is 22.5. The quantitative estimate of drug-likeness (QED) is 0.277. The predicted octanol–water partition coefficient (Wildman–Crippen LogP) is 7.41. The van der Waals surface area contributed by atoms with Crippen LogP contribution in [0.1, 0.15) is 48.4 Å². The van der Waals surface area contributed by atoms with Gasteiger partial charge in [-0.05, 0) is 67.0 Å². The number of rotatable bonds is 3. The third kappa shape index (κ3) is 3.43. The second-order valence-electron chi connectivity index (χ2n) is 9.56. The highest BCUT2D eigenvalue weighted by Crippen LogP contribution is 2.38. The van der Waals surface area contributed by atoms with Gasteiger partial charge in [-0.1, -0.05) is 49.2 Å². The summed E-state index contributed by atoms with van der Waals surface area (Å²) in [7, 11) is 2.10. The molecule has 0 saturated heterocycles. The molecule has 1 saturated carbocycles. The molecule has 3 aromatic heterocycles. The molecule has 0 radical (unpaired) electrons. The van der Waals surface area contributed by atoms with Gasteiger partial charge in [0.25, 0.3) is 0 Å². The highest BCUT2D eigenvalue weighted by molar-refractivity contribution is 6.08. The molecule has 1 fully saturated rings. The Balaban J connectivity index is 1.48. The van der Waals surface area contributed by atoms with Gasteiger partial charge in [-0.25, -0.2) is 9.55 Å². The van der Waals surface area contributed by atoms with Crippen molar-refractivity contribution in [2.24, 2.45) is 7.05 Å². The Bertz CT molecular complexity index is 1490. The number of hydrogen-bond donors (Lipinski definition) is 0. The van der Waals surface area contributed by atoms with Crippen molar-refractivity contribution in [3.8, 4) is 22.4 Å². The molecule has 0 amide bonds.